The van der Waals surface area contributed by atoms with Crippen LogP contribution in [0.4, 0.5) is 19.0 Å². The number of nitrogens with one attached hydrogen (secondary N) is 1. The minimum absolute atomic E-state index is 0.0294. The minimum Gasteiger partial charge on any atom is -0.433 e. The van der Waals surface area contributed by atoms with Gasteiger partial charge in [0.2, 0.25) is 5.91 Å². The second-order valence-corrected chi connectivity index (χ2v) is 9.44. The molecule has 222 valence electrons. The van der Waals surface area contributed by atoms with Crippen molar-refractivity contribution in [3.05, 3.63) is 42.4 Å². The van der Waals surface area contributed by atoms with Gasteiger partial charge in [0, 0.05) is 65.3 Å². The van der Waals surface area contributed by atoms with Gasteiger partial charge in [0.15, 0.2) is 5.65 Å². The monoisotopic (exact) mass is 566 g/mol. The topological polar surface area (TPSA) is 84.2 Å². The van der Waals surface area contributed by atoms with Gasteiger partial charge in [0.25, 0.3) is 0 Å². The van der Waals surface area contributed by atoms with Gasteiger partial charge in [-0.3, -0.25) is 23.5 Å². The molecule has 1 aromatic carbocycles. The molecule has 3 heterocycles. The Morgan fingerprint density at radius 2 is 1.82 bits per heavy atom. The molecule has 12 heteroatoms. The number of fused-ring (bicyclic) bond motifs is 1. The van der Waals surface area contributed by atoms with Crippen molar-refractivity contribution >= 4 is 17.4 Å². The van der Waals surface area contributed by atoms with Crippen LogP contribution in [0, 0.1) is 6.92 Å². The Balaban J connectivity index is 0.00000105. The van der Waals surface area contributed by atoms with Crippen LogP contribution in [-0.4, -0.2) is 96.3 Å². The van der Waals surface area contributed by atoms with Gasteiger partial charge in [-0.05, 0) is 50.6 Å². The standard InChI is InChI=1S/C25H32F2N6O2.C2H6O.CH3F/c1-5-9-31-11-13-32(14-12-31)24(34)18(3)29-23-22(30-21-16-28-8-10-33(21)23)20-7-6-19(15-17(20)2)35-25(4,26)27;1-3-2;1-2/h6-8,10,15-16,18,29H,5,9,11-14H2,1-4H3;1-2H3;1H3. The summed E-state index contributed by atoms with van der Waals surface area (Å²) in [5, 5.41) is 3.36. The molecule has 0 radical (unpaired) electrons. The van der Waals surface area contributed by atoms with Gasteiger partial charge < -0.3 is 19.7 Å². The van der Waals surface area contributed by atoms with E-state index in [1.54, 1.807) is 44.9 Å². The van der Waals surface area contributed by atoms with Crippen LogP contribution < -0.4 is 10.1 Å². The van der Waals surface area contributed by atoms with Gasteiger partial charge in [-0.25, -0.2) is 4.98 Å². The molecule has 1 atom stereocenters. The van der Waals surface area contributed by atoms with Crippen molar-refractivity contribution in [2.45, 2.75) is 46.3 Å². The van der Waals surface area contributed by atoms with E-state index in [1.165, 1.54) is 6.07 Å². The molecule has 40 heavy (non-hydrogen) atoms. The molecule has 0 saturated carbocycles. The number of anilines is 1. The summed E-state index contributed by atoms with van der Waals surface area (Å²) in [6.07, 6.45) is 2.90. The SMILES string of the molecule is CCCN1CCN(C(=O)C(C)Nc2c(-c3ccc(OC(C)(F)F)cc3C)nc3cnccn23)CC1.CF.COC. The van der Waals surface area contributed by atoms with Crippen molar-refractivity contribution in [1.82, 2.24) is 24.2 Å². The third-order valence-corrected chi connectivity index (χ3v) is 6.13. The molecule has 0 aliphatic carbocycles. The van der Waals surface area contributed by atoms with E-state index in [0.29, 0.717) is 44.3 Å². The van der Waals surface area contributed by atoms with Gasteiger partial charge in [0.05, 0.1) is 13.4 Å². The smallest absolute Gasteiger partial charge is 0.394 e. The number of hydrogen-bond donors (Lipinski definition) is 1. The number of carbonyl (C=O) groups excluding carboxylic acids is 1. The Hall–Kier alpha value is -3.38. The average Bonchev–Trinajstić information content (AvgIpc) is 3.27. The number of ether oxygens (including phenoxy) is 2. The van der Waals surface area contributed by atoms with E-state index < -0.39 is 12.2 Å². The normalized spacial score (nSPS) is 14.5. The lowest BCUT2D eigenvalue weighted by atomic mass is 10.0. The molecule has 1 unspecified atom stereocenters. The number of imidazole rings is 1. The number of rotatable bonds is 8. The number of alkyl halides is 3. The summed E-state index contributed by atoms with van der Waals surface area (Å²) in [6.45, 7) is 10.7. The number of aryl methyl sites for hydroxylation is 1. The highest BCUT2D eigenvalue weighted by molar-refractivity contribution is 5.87. The highest BCUT2D eigenvalue weighted by Gasteiger charge is 2.27. The van der Waals surface area contributed by atoms with Crippen LogP contribution in [0.3, 0.4) is 0 Å². The van der Waals surface area contributed by atoms with E-state index in [2.05, 4.69) is 26.9 Å². The van der Waals surface area contributed by atoms with Crippen molar-refractivity contribution < 1.29 is 27.4 Å². The van der Waals surface area contributed by atoms with E-state index >= 15 is 0 Å². The molecule has 1 amide bonds. The highest BCUT2D eigenvalue weighted by Crippen LogP contribution is 2.34. The largest absolute Gasteiger partial charge is 0.433 e. The number of methoxy groups -OCH3 is 1. The highest BCUT2D eigenvalue weighted by atomic mass is 19.3. The summed E-state index contributed by atoms with van der Waals surface area (Å²) in [5.74, 6) is 0.747. The Bertz CT molecular complexity index is 1210. The third kappa shape index (κ3) is 8.82. The Morgan fingerprint density at radius 1 is 1.18 bits per heavy atom. The lowest BCUT2D eigenvalue weighted by molar-refractivity contribution is -0.159. The van der Waals surface area contributed by atoms with Crippen LogP contribution in [0.5, 0.6) is 5.75 Å². The number of aromatic nitrogens is 3. The van der Waals surface area contributed by atoms with Gasteiger partial charge in [-0.2, -0.15) is 8.78 Å². The van der Waals surface area contributed by atoms with Gasteiger partial charge in [0.1, 0.15) is 23.3 Å². The summed E-state index contributed by atoms with van der Waals surface area (Å²) in [4.78, 5) is 26.4. The van der Waals surface area contributed by atoms with E-state index in [0.717, 1.165) is 37.2 Å². The molecule has 3 aromatic rings. The lowest BCUT2D eigenvalue weighted by Crippen LogP contribution is -2.52. The molecule has 4 rings (SSSR count). The molecule has 9 nitrogen and oxygen atoms in total. The van der Waals surface area contributed by atoms with Crippen LogP contribution in [0.2, 0.25) is 0 Å². The van der Waals surface area contributed by atoms with Crippen molar-refractivity contribution in [2.75, 3.05) is 59.4 Å². The lowest BCUT2D eigenvalue weighted by Gasteiger charge is -2.36. The summed E-state index contributed by atoms with van der Waals surface area (Å²) in [7, 11) is 3.75. The second kappa shape index (κ2) is 15.4. The summed E-state index contributed by atoms with van der Waals surface area (Å²) < 4.78 is 46.9. The fraction of sp³-hybridized carbons (Fsp3) is 0.536. The number of carbonyl (C=O) groups is 1. The first kappa shape index (κ1) is 32.8. The zero-order valence-corrected chi connectivity index (χ0v) is 24.4. The molecule has 1 saturated heterocycles. The Kier molecular flexibility index (Phi) is 12.7. The maximum atomic E-state index is 13.3. The zero-order valence-electron chi connectivity index (χ0n) is 24.4. The van der Waals surface area contributed by atoms with E-state index in [4.69, 9.17) is 9.72 Å². The van der Waals surface area contributed by atoms with Gasteiger partial charge in [-0.1, -0.05) is 6.92 Å². The third-order valence-electron chi connectivity index (χ3n) is 6.13. The predicted octanol–water partition coefficient (Wildman–Crippen LogP) is 4.90. The first-order valence-electron chi connectivity index (χ1n) is 13.1. The summed E-state index contributed by atoms with van der Waals surface area (Å²) >= 11 is 0. The van der Waals surface area contributed by atoms with Crippen LogP contribution in [0.15, 0.2) is 36.8 Å². The Labute approximate surface area is 234 Å². The molecule has 1 N–H and O–H groups in total. The molecule has 1 aliphatic rings. The number of piperazine rings is 1. The van der Waals surface area contributed by atoms with Gasteiger partial charge >= 0.3 is 6.11 Å². The number of amides is 1. The molecule has 0 spiro atoms. The minimum atomic E-state index is -3.27. The molecule has 1 fully saturated rings. The average molecular weight is 567 g/mol. The summed E-state index contributed by atoms with van der Waals surface area (Å²) in [6, 6.07) is 4.27. The van der Waals surface area contributed by atoms with E-state index in [1.807, 2.05) is 23.1 Å². The van der Waals surface area contributed by atoms with Crippen LogP contribution in [-0.2, 0) is 9.53 Å². The molecular weight excluding hydrogens is 525 g/mol. The fourth-order valence-corrected chi connectivity index (χ4v) is 4.45. The van der Waals surface area contributed by atoms with Crippen molar-refractivity contribution in [1.29, 1.82) is 0 Å². The number of halogens is 3. The maximum Gasteiger partial charge on any atom is 0.394 e. The number of hydrogen-bond acceptors (Lipinski definition) is 7. The van der Waals surface area contributed by atoms with Gasteiger partial charge in [-0.15, -0.1) is 0 Å². The van der Waals surface area contributed by atoms with Crippen molar-refractivity contribution in [3.8, 4) is 17.0 Å². The predicted molar refractivity (Wildman–Crippen MR) is 151 cm³/mol. The number of benzene rings is 1. The van der Waals surface area contributed by atoms with Crippen LogP contribution in [0.1, 0.15) is 32.8 Å². The van der Waals surface area contributed by atoms with E-state index in [9.17, 15) is 18.0 Å². The number of nitrogens with zero attached hydrogens (tertiary/aromatic N) is 5. The first-order chi connectivity index (χ1) is 19.1. The van der Waals surface area contributed by atoms with Crippen LogP contribution in [0.25, 0.3) is 16.9 Å². The van der Waals surface area contributed by atoms with Crippen molar-refractivity contribution in [2.24, 2.45) is 0 Å². The quantitative estimate of drug-likeness (QED) is 0.415. The fourth-order valence-electron chi connectivity index (χ4n) is 4.45. The van der Waals surface area contributed by atoms with Crippen molar-refractivity contribution in [3.63, 3.8) is 0 Å². The maximum absolute atomic E-state index is 13.3. The zero-order chi connectivity index (χ0) is 29.9. The van der Waals surface area contributed by atoms with E-state index in [-0.39, 0.29) is 11.7 Å². The second-order valence-electron chi connectivity index (χ2n) is 9.44. The molecular formula is C28H41F3N6O3. The molecule has 1 aliphatic heterocycles. The first-order valence-corrected chi connectivity index (χ1v) is 13.1. The molecule has 0 bridgehead atoms. The molecule has 2 aromatic heterocycles. The Morgan fingerprint density at radius 3 is 2.40 bits per heavy atom. The summed E-state index contributed by atoms with van der Waals surface area (Å²) in [5.41, 5.74) is 2.68. The van der Waals surface area contributed by atoms with Crippen LogP contribution >= 0.6 is 0 Å².